The molecule has 0 amide bonds. The number of esters is 2. The smallest absolute Gasteiger partial charge is 0.342 e. The van der Waals surface area contributed by atoms with Crippen molar-refractivity contribution in [1.29, 1.82) is 0 Å². The number of rotatable bonds is 15. The van der Waals surface area contributed by atoms with Crippen LogP contribution in [0.2, 0.25) is 0 Å². The van der Waals surface area contributed by atoms with Gasteiger partial charge < -0.3 is 19.3 Å². The van der Waals surface area contributed by atoms with Crippen molar-refractivity contribution in [2.45, 2.75) is 71.6 Å². The van der Waals surface area contributed by atoms with Crippen molar-refractivity contribution >= 4 is 17.7 Å². The first-order chi connectivity index (χ1) is 17.4. The van der Waals surface area contributed by atoms with Crippen LogP contribution in [0, 0.1) is 0 Å². The first kappa shape index (κ1) is 28.9. The molecule has 0 aromatic heterocycles. The third-order valence-corrected chi connectivity index (χ3v) is 6.14. The number of ketones is 1. The van der Waals surface area contributed by atoms with Gasteiger partial charge in [0.25, 0.3) is 0 Å². The lowest BCUT2D eigenvalue weighted by Crippen LogP contribution is -2.20. The van der Waals surface area contributed by atoms with Gasteiger partial charge in [0.05, 0.1) is 26.4 Å². The van der Waals surface area contributed by atoms with Crippen LogP contribution in [-0.2, 0) is 15.9 Å². The number of benzene rings is 2. The van der Waals surface area contributed by atoms with Crippen LogP contribution in [0.3, 0.4) is 0 Å². The number of aryl methyl sites for hydroxylation is 1. The molecule has 0 aliphatic carbocycles. The molecule has 0 spiro atoms. The van der Waals surface area contributed by atoms with Gasteiger partial charge in [0.2, 0.25) is 0 Å². The van der Waals surface area contributed by atoms with Crippen LogP contribution in [0.5, 0.6) is 11.5 Å². The van der Waals surface area contributed by atoms with E-state index in [1.54, 1.807) is 31.2 Å². The number of ether oxygens (including phenoxy) is 3. The Morgan fingerprint density at radius 1 is 0.806 bits per heavy atom. The first-order valence-electron chi connectivity index (χ1n) is 12.7. The predicted molar refractivity (Wildman–Crippen MR) is 138 cm³/mol. The highest BCUT2D eigenvalue weighted by Gasteiger charge is 2.31. The number of hydrogen-bond acceptors (Lipinski definition) is 7. The molecule has 1 N–H and O–H groups in total. The van der Waals surface area contributed by atoms with E-state index < -0.39 is 17.7 Å². The molecule has 2 aromatic rings. The maximum absolute atomic E-state index is 13.5. The minimum Gasteiger partial charge on any atom is -0.507 e. The molecule has 2 rings (SSSR count). The normalized spacial score (nSPS) is 10.7. The number of phenolic OH excluding ortho intramolecular Hbond substituents is 1. The Bertz CT molecular complexity index is 1020. The van der Waals surface area contributed by atoms with Crippen molar-refractivity contribution in [1.82, 2.24) is 0 Å². The molecule has 0 fully saturated rings. The van der Waals surface area contributed by atoms with Gasteiger partial charge in [-0.05, 0) is 55.7 Å². The van der Waals surface area contributed by atoms with Crippen LogP contribution in [-0.4, -0.2) is 43.7 Å². The van der Waals surface area contributed by atoms with Crippen LogP contribution in [0.1, 0.15) is 107 Å². The molecule has 2 aromatic carbocycles. The Labute approximate surface area is 213 Å². The number of phenols is 1. The van der Waals surface area contributed by atoms with E-state index >= 15 is 0 Å². The van der Waals surface area contributed by atoms with Gasteiger partial charge in [0.1, 0.15) is 17.1 Å². The van der Waals surface area contributed by atoms with E-state index in [4.69, 9.17) is 14.2 Å². The quantitative estimate of drug-likeness (QED) is 0.175. The molecule has 0 aliphatic rings. The zero-order valence-electron chi connectivity index (χ0n) is 21.9. The van der Waals surface area contributed by atoms with E-state index in [1.165, 1.54) is 38.9 Å². The lowest BCUT2D eigenvalue weighted by molar-refractivity contribution is 0.0499. The van der Waals surface area contributed by atoms with Gasteiger partial charge in [-0.15, -0.1) is 0 Å². The third kappa shape index (κ3) is 7.57. The van der Waals surface area contributed by atoms with Gasteiger partial charge in [-0.1, -0.05) is 51.9 Å². The molecule has 0 unspecified atom stereocenters. The largest absolute Gasteiger partial charge is 0.507 e. The minimum absolute atomic E-state index is 0.00798. The summed E-state index contributed by atoms with van der Waals surface area (Å²) < 4.78 is 15.2. The van der Waals surface area contributed by atoms with E-state index in [1.807, 2.05) is 0 Å². The molecule has 7 nitrogen and oxygen atoms in total. The molecule has 0 saturated carbocycles. The molecular weight excluding hydrogens is 460 g/mol. The SMILES string of the molecule is CCCCCCCCCCc1cc(C(=O)c2ccc(OC)cc2)c(C(=O)OCC)c(C(=O)OC)c1O. The van der Waals surface area contributed by atoms with E-state index in [-0.39, 0.29) is 29.0 Å². The molecule has 0 bridgehead atoms. The maximum atomic E-state index is 13.5. The Balaban J connectivity index is 2.43. The predicted octanol–water partition coefficient (Wildman–Crippen LogP) is 6.28. The van der Waals surface area contributed by atoms with Gasteiger partial charge in [-0.3, -0.25) is 4.79 Å². The van der Waals surface area contributed by atoms with Gasteiger partial charge in [0.15, 0.2) is 5.78 Å². The van der Waals surface area contributed by atoms with Crippen molar-refractivity contribution in [2.75, 3.05) is 20.8 Å². The zero-order chi connectivity index (χ0) is 26.5. The summed E-state index contributed by atoms with van der Waals surface area (Å²) in [4.78, 5) is 39.1. The number of carbonyl (C=O) groups excluding carboxylic acids is 3. The van der Waals surface area contributed by atoms with Crippen LogP contribution in [0.25, 0.3) is 0 Å². The lowest BCUT2D eigenvalue weighted by atomic mass is 9.89. The molecule has 0 saturated heterocycles. The number of methoxy groups -OCH3 is 2. The second-order valence-corrected chi connectivity index (χ2v) is 8.68. The summed E-state index contributed by atoms with van der Waals surface area (Å²) >= 11 is 0. The zero-order valence-corrected chi connectivity index (χ0v) is 21.9. The highest BCUT2D eigenvalue weighted by Crippen LogP contribution is 2.33. The average Bonchev–Trinajstić information content (AvgIpc) is 2.89. The Morgan fingerprint density at radius 3 is 1.97 bits per heavy atom. The van der Waals surface area contributed by atoms with Gasteiger partial charge in [0, 0.05) is 11.1 Å². The Kier molecular flexibility index (Phi) is 12.0. The van der Waals surface area contributed by atoms with Crippen LogP contribution in [0.4, 0.5) is 0 Å². The summed E-state index contributed by atoms with van der Waals surface area (Å²) in [6.07, 6.45) is 9.33. The standard InChI is InChI=1S/C29H38O7/c1-5-7-8-9-10-11-12-13-14-21-19-23(26(30)20-15-17-22(34-3)18-16-20)24(29(33)36-6-2)25(27(21)31)28(32)35-4/h15-19,31H,5-14H2,1-4H3. The molecule has 36 heavy (non-hydrogen) atoms. The fourth-order valence-corrected chi connectivity index (χ4v) is 4.16. The molecule has 7 heteroatoms. The fourth-order valence-electron chi connectivity index (χ4n) is 4.16. The van der Waals surface area contributed by atoms with Crippen LogP contribution < -0.4 is 4.74 Å². The fraction of sp³-hybridized carbons (Fsp3) is 0.483. The van der Waals surface area contributed by atoms with E-state index in [0.29, 0.717) is 23.3 Å². The van der Waals surface area contributed by atoms with Crippen molar-refractivity contribution in [3.05, 3.63) is 58.1 Å². The number of unbranched alkanes of at least 4 members (excludes halogenated alkanes) is 7. The average molecular weight is 499 g/mol. The van der Waals surface area contributed by atoms with Gasteiger partial charge >= 0.3 is 11.9 Å². The number of carbonyl (C=O) groups is 3. The maximum Gasteiger partial charge on any atom is 0.342 e. The van der Waals surface area contributed by atoms with Gasteiger partial charge in [-0.25, -0.2) is 9.59 Å². The molecular formula is C29H38O7. The van der Waals surface area contributed by atoms with Gasteiger partial charge in [-0.2, -0.15) is 0 Å². The number of aromatic hydroxyl groups is 1. The molecule has 196 valence electrons. The lowest BCUT2D eigenvalue weighted by Gasteiger charge is -2.17. The third-order valence-electron chi connectivity index (χ3n) is 6.14. The highest BCUT2D eigenvalue weighted by molar-refractivity contribution is 6.18. The molecule has 0 atom stereocenters. The first-order valence-corrected chi connectivity index (χ1v) is 12.7. The van der Waals surface area contributed by atoms with Crippen LogP contribution >= 0.6 is 0 Å². The van der Waals surface area contributed by atoms with E-state index in [9.17, 15) is 19.5 Å². The van der Waals surface area contributed by atoms with Crippen molar-refractivity contribution < 1.29 is 33.7 Å². The summed E-state index contributed by atoms with van der Waals surface area (Å²) in [5.74, 6) is -2.02. The second-order valence-electron chi connectivity index (χ2n) is 8.68. The Morgan fingerprint density at radius 2 is 1.42 bits per heavy atom. The van der Waals surface area contributed by atoms with Crippen molar-refractivity contribution in [3.63, 3.8) is 0 Å². The van der Waals surface area contributed by atoms with Crippen molar-refractivity contribution in [2.24, 2.45) is 0 Å². The molecule has 0 heterocycles. The summed E-state index contributed by atoms with van der Waals surface area (Å²) in [6, 6.07) is 7.94. The summed E-state index contributed by atoms with van der Waals surface area (Å²) in [6.45, 7) is 3.85. The summed E-state index contributed by atoms with van der Waals surface area (Å²) in [5.41, 5.74) is 0.0881. The van der Waals surface area contributed by atoms with E-state index in [0.717, 1.165) is 32.8 Å². The second kappa shape index (κ2) is 14.9. The highest BCUT2D eigenvalue weighted by atomic mass is 16.5. The topological polar surface area (TPSA) is 99.1 Å². The number of hydrogen-bond donors (Lipinski definition) is 1. The summed E-state index contributed by atoms with van der Waals surface area (Å²) in [5, 5.41) is 11.0. The van der Waals surface area contributed by atoms with E-state index in [2.05, 4.69) is 6.92 Å². The molecule has 0 aliphatic heterocycles. The minimum atomic E-state index is -0.905. The Hall–Kier alpha value is -3.35. The van der Waals surface area contributed by atoms with Crippen LogP contribution in [0.15, 0.2) is 30.3 Å². The van der Waals surface area contributed by atoms with Crippen molar-refractivity contribution in [3.8, 4) is 11.5 Å². The summed E-state index contributed by atoms with van der Waals surface area (Å²) in [7, 11) is 2.68. The monoisotopic (exact) mass is 498 g/mol. The molecule has 0 radical (unpaired) electrons.